The van der Waals surface area contributed by atoms with E-state index in [-0.39, 0.29) is 5.91 Å². The molecule has 1 aromatic heterocycles. The highest BCUT2D eigenvalue weighted by Crippen LogP contribution is 2.26. The lowest BCUT2D eigenvalue weighted by Crippen LogP contribution is -2.28. The van der Waals surface area contributed by atoms with Gasteiger partial charge in [0.15, 0.2) is 5.82 Å². The average Bonchev–Trinajstić information content (AvgIpc) is 3.35. The molecule has 4 rings (SSSR count). The van der Waals surface area contributed by atoms with E-state index < -0.39 is 0 Å². The van der Waals surface area contributed by atoms with Gasteiger partial charge >= 0.3 is 0 Å². The van der Waals surface area contributed by atoms with Gasteiger partial charge in [-0.1, -0.05) is 56.3 Å². The Kier molecular flexibility index (Phi) is 7.93. The third-order valence-corrected chi connectivity index (χ3v) is 6.30. The number of ether oxygens (including phenoxy) is 1. The zero-order valence-corrected chi connectivity index (χ0v) is 20.0. The summed E-state index contributed by atoms with van der Waals surface area (Å²) in [6, 6.07) is 25.3. The third-order valence-electron chi connectivity index (χ3n) is 5.23. The number of hydrogen-bond donors (Lipinski definition) is 1. The Hall–Kier alpha value is -3.65. The van der Waals surface area contributed by atoms with Gasteiger partial charge in [-0.05, 0) is 58.3 Å². The number of amides is 1. The fraction of sp³-hybridized carbons (Fsp3) is 0.231. The molecule has 0 fully saturated rings. The summed E-state index contributed by atoms with van der Waals surface area (Å²) < 4.78 is 7.47. The molecular formula is C26H27N5O2S. The van der Waals surface area contributed by atoms with Gasteiger partial charge < -0.3 is 10.1 Å². The predicted molar refractivity (Wildman–Crippen MR) is 134 cm³/mol. The molecule has 0 spiro atoms. The Morgan fingerprint density at radius 1 is 1.00 bits per heavy atom. The van der Waals surface area contributed by atoms with Gasteiger partial charge in [-0.15, -0.1) is 16.9 Å². The smallest absolute Gasteiger partial charge is 0.252 e. The van der Waals surface area contributed by atoms with E-state index in [1.807, 2.05) is 66.7 Å². The largest absolute Gasteiger partial charge is 0.492 e. The Morgan fingerprint density at radius 2 is 1.74 bits per heavy atom. The molecule has 0 aliphatic carbocycles. The minimum absolute atomic E-state index is 0.135. The van der Waals surface area contributed by atoms with E-state index >= 15 is 0 Å². The fourth-order valence-electron chi connectivity index (χ4n) is 3.37. The summed E-state index contributed by atoms with van der Waals surface area (Å²) in [5.41, 5.74) is 2.79. The van der Waals surface area contributed by atoms with Crippen molar-refractivity contribution in [3.05, 3.63) is 95.8 Å². The number of carbonyl (C=O) groups excluding carboxylic acids is 1. The van der Waals surface area contributed by atoms with Crippen molar-refractivity contribution >= 4 is 17.7 Å². The second-order valence-electron chi connectivity index (χ2n) is 7.96. The zero-order valence-electron chi connectivity index (χ0n) is 19.2. The summed E-state index contributed by atoms with van der Waals surface area (Å²) in [6.07, 6.45) is 0. The first-order valence-electron chi connectivity index (χ1n) is 11.2. The Balaban J connectivity index is 1.32. The van der Waals surface area contributed by atoms with Gasteiger partial charge in [0.05, 0.1) is 23.5 Å². The van der Waals surface area contributed by atoms with E-state index in [9.17, 15) is 4.79 Å². The van der Waals surface area contributed by atoms with Gasteiger partial charge in [0, 0.05) is 4.90 Å². The topological polar surface area (TPSA) is 81.9 Å². The van der Waals surface area contributed by atoms with Crippen molar-refractivity contribution in [3.63, 3.8) is 0 Å². The van der Waals surface area contributed by atoms with E-state index in [1.165, 1.54) is 17.3 Å². The molecule has 34 heavy (non-hydrogen) atoms. The standard InChI is InChI=1S/C26H27N5O2S/c1-19(2)20-12-14-22(15-13-20)33-17-16-27-26(32)23-10-6-7-11-24(23)34-18-25-28-29-30-31(25)21-8-4-3-5-9-21/h3-15,19H,16-18H2,1-2H3,(H,27,32). The molecule has 8 heteroatoms. The number of carbonyl (C=O) groups is 1. The molecule has 4 aromatic rings. The number of nitrogens with zero attached hydrogens (tertiary/aromatic N) is 4. The maximum absolute atomic E-state index is 12.8. The normalized spacial score (nSPS) is 10.9. The van der Waals surface area contributed by atoms with Crippen LogP contribution in [0.15, 0.2) is 83.8 Å². The maximum atomic E-state index is 12.8. The Labute approximate surface area is 203 Å². The van der Waals surface area contributed by atoms with E-state index in [0.717, 1.165) is 16.3 Å². The molecule has 0 radical (unpaired) electrons. The van der Waals surface area contributed by atoms with Crippen molar-refractivity contribution in [1.29, 1.82) is 0 Å². The van der Waals surface area contributed by atoms with Crippen molar-refractivity contribution in [2.75, 3.05) is 13.2 Å². The molecule has 1 N–H and O–H groups in total. The van der Waals surface area contributed by atoms with Gasteiger partial charge in [0.1, 0.15) is 12.4 Å². The number of hydrogen-bond acceptors (Lipinski definition) is 6. The molecule has 0 saturated heterocycles. The molecule has 0 saturated carbocycles. The monoisotopic (exact) mass is 473 g/mol. The van der Waals surface area contributed by atoms with Crippen molar-refractivity contribution in [2.24, 2.45) is 0 Å². The lowest BCUT2D eigenvalue weighted by atomic mass is 10.0. The van der Waals surface area contributed by atoms with Gasteiger partial charge in [-0.3, -0.25) is 4.79 Å². The highest BCUT2D eigenvalue weighted by Gasteiger charge is 2.14. The van der Waals surface area contributed by atoms with E-state index in [1.54, 1.807) is 4.68 Å². The maximum Gasteiger partial charge on any atom is 0.252 e. The van der Waals surface area contributed by atoms with Crippen LogP contribution in [-0.4, -0.2) is 39.3 Å². The average molecular weight is 474 g/mol. The van der Waals surface area contributed by atoms with E-state index in [4.69, 9.17) is 4.74 Å². The highest BCUT2D eigenvalue weighted by atomic mass is 32.2. The van der Waals surface area contributed by atoms with Crippen molar-refractivity contribution < 1.29 is 9.53 Å². The molecule has 7 nitrogen and oxygen atoms in total. The fourth-order valence-corrected chi connectivity index (χ4v) is 4.32. The van der Waals surface area contributed by atoms with Gasteiger partial charge in [-0.25, -0.2) is 0 Å². The number of nitrogens with one attached hydrogen (secondary N) is 1. The summed E-state index contributed by atoms with van der Waals surface area (Å²) in [5.74, 6) is 2.39. The van der Waals surface area contributed by atoms with Gasteiger partial charge in [0.25, 0.3) is 5.91 Å². The Morgan fingerprint density at radius 3 is 2.50 bits per heavy atom. The summed E-state index contributed by atoms with van der Waals surface area (Å²) >= 11 is 1.53. The van der Waals surface area contributed by atoms with Gasteiger partial charge in [0.2, 0.25) is 0 Å². The van der Waals surface area contributed by atoms with Crippen LogP contribution in [0.2, 0.25) is 0 Å². The van der Waals surface area contributed by atoms with Crippen molar-refractivity contribution in [3.8, 4) is 11.4 Å². The summed E-state index contributed by atoms with van der Waals surface area (Å²) in [6.45, 7) is 5.13. The zero-order chi connectivity index (χ0) is 23.8. The van der Waals surface area contributed by atoms with Crippen LogP contribution in [0.5, 0.6) is 5.75 Å². The number of rotatable bonds is 10. The highest BCUT2D eigenvalue weighted by molar-refractivity contribution is 7.98. The first-order valence-corrected chi connectivity index (χ1v) is 12.2. The van der Waals surface area contributed by atoms with Crippen molar-refractivity contribution in [1.82, 2.24) is 25.5 Å². The quantitative estimate of drug-likeness (QED) is 0.261. The van der Waals surface area contributed by atoms with Crippen LogP contribution in [0.4, 0.5) is 0 Å². The van der Waals surface area contributed by atoms with Crippen LogP contribution >= 0.6 is 11.8 Å². The third kappa shape index (κ3) is 6.02. The molecule has 0 aliphatic rings. The molecule has 1 heterocycles. The first kappa shape index (κ1) is 23.5. The SMILES string of the molecule is CC(C)c1ccc(OCCNC(=O)c2ccccc2SCc2nnnn2-c2ccccc2)cc1. The van der Waals surface area contributed by atoms with Crippen LogP contribution < -0.4 is 10.1 Å². The minimum Gasteiger partial charge on any atom is -0.492 e. The molecule has 174 valence electrons. The van der Waals surface area contributed by atoms with Crippen LogP contribution in [0.3, 0.4) is 0 Å². The molecule has 0 bridgehead atoms. The van der Waals surface area contributed by atoms with E-state index in [2.05, 4.69) is 46.8 Å². The second kappa shape index (κ2) is 11.5. The van der Waals surface area contributed by atoms with Crippen LogP contribution in [0, 0.1) is 0 Å². The minimum atomic E-state index is -0.135. The molecule has 1 amide bonds. The first-order chi connectivity index (χ1) is 16.6. The number of tetrazole rings is 1. The predicted octanol–water partition coefficient (Wildman–Crippen LogP) is 4.89. The number of thioether (sulfide) groups is 1. The van der Waals surface area contributed by atoms with Crippen LogP contribution in [0.1, 0.15) is 41.5 Å². The molecular weight excluding hydrogens is 446 g/mol. The van der Waals surface area contributed by atoms with E-state index in [0.29, 0.717) is 36.2 Å². The lowest BCUT2D eigenvalue weighted by molar-refractivity contribution is 0.0944. The van der Waals surface area contributed by atoms with Crippen LogP contribution in [0.25, 0.3) is 5.69 Å². The molecule has 3 aromatic carbocycles. The number of para-hydroxylation sites is 1. The number of aromatic nitrogens is 4. The molecule has 0 unspecified atom stereocenters. The summed E-state index contributed by atoms with van der Waals surface area (Å²) in [7, 11) is 0. The Bertz CT molecular complexity index is 1210. The number of benzene rings is 3. The molecule has 0 atom stereocenters. The van der Waals surface area contributed by atoms with Gasteiger partial charge in [-0.2, -0.15) is 4.68 Å². The van der Waals surface area contributed by atoms with Crippen molar-refractivity contribution in [2.45, 2.75) is 30.4 Å². The summed E-state index contributed by atoms with van der Waals surface area (Å²) in [5, 5.41) is 15.0. The lowest BCUT2D eigenvalue weighted by Gasteiger charge is -2.11. The second-order valence-corrected chi connectivity index (χ2v) is 8.97. The van der Waals surface area contributed by atoms with Crippen LogP contribution in [-0.2, 0) is 5.75 Å². The molecule has 0 aliphatic heterocycles. The summed E-state index contributed by atoms with van der Waals surface area (Å²) in [4.78, 5) is 13.7.